The zero-order valence-electron chi connectivity index (χ0n) is 12.8. The summed E-state index contributed by atoms with van der Waals surface area (Å²) in [6.07, 6.45) is 3.57. The van der Waals surface area contributed by atoms with Gasteiger partial charge in [-0.3, -0.25) is 4.79 Å². The molecule has 0 spiro atoms. The molecule has 6 heteroatoms. The van der Waals surface area contributed by atoms with Crippen LogP contribution < -0.4 is 15.5 Å². The van der Waals surface area contributed by atoms with Crippen LogP contribution in [0.25, 0.3) is 0 Å². The lowest BCUT2D eigenvalue weighted by atomic mass is 9.97. The quantitative estimate of drug-likeness (QED) is 0.876. The molecule has 1 saturated heterocycles. The fourth-order valence-electron chi connectivity index (χ4n) is 2.52. The van der Waals surface area contributed by atoms with Crippen LogP contribution in [0.1, 0.15) is 26.7 Å². The van der Waals surface area contributed by atoms with Crippen LogP contribution in [0.3, 0.4) is 0 Å². The smallest absolute Gasteiger partial charge is 0.227 e. The third-order valence-electron chi connectivity index (χ3n) is 3.81. The first-order valence-electron chi connectivity index (χ1n) is 7.47. The Bertz CT molecular complexity index is 428. The highest BCUT2D eigenvalue weighted by Crippen LogP contribution is 2.17. The lowest BCUT2D eigenvalue weighted by molar-refractivity contribution is -0.120. The zero-order valence-corrected chi connectivity index (χ0v) is 13.6. The van der Waals surface area contributed by atoms with E-state index in [4.69, 9.17) is 0 Å². The number of halogens is 1. The molecule has 0 radical (unpaired) electrons. The first-order chi connectivity index (χ1) is 9.74. The molecule has 1 aliphatic heterocycles. The minimum Gasteiger partial charge on any atom is -0.357 e. The fraction of sp³-hybridized carbons (Fsp3) is 0.600. The van der Waals surface area contributed by atoms with E-state index in [0.717, 1.165) is 50.5 Å². The van der Waals surface area contributed by atoms with E-state index in [-0.39, 0.29) is 24.2 Å². The van der Waals surface area contributed by atoms with E-state index in [9.17, 15) is 4.79 Å². The Morgan fingerprint density at radius 3 is 2.52 bits per heavy atom. The summed E-state index contributed by atoms with van der Waals surface area (Å²) in [5, 5.41) is 6.23. The van der Waals surface area contributed by atoms with Crippen LogP contribution >= 0.6 is 12.4 Å². The van der Waals surface area contributed by atoms with Crippen LogP contribution in [0, 0.1) is 5.92 Å². The van der Waals surface area contributed by atoms with Gasteiger partial charge in [-0.1, -0.05) is 0 Å². The highest BCUT2D eigenvalue weighted by atomic mass is 35.5. The average molecular weight is 313 g/mol. The molecule has 0 aliphatic carbocycles. The Labute approximate surface area is 132 Å². The average Bonchev–Trinajstić information content (AvgIpc) is 2.51. The molecule has 1 aromatic rings. The summed E-state index contributed by atoms with van der Waals surface area (Å²) in [6, 6.07) is 3.89. The molecule has 21 heavy (non-hydrogen) atoms. The van der Waals surface area contributed by atoms with E-state index in [2.05, 4.69) is 34.4 Å². The van der Waals surface area contributed by atoms with Gasteiger partial charge >= 0.3 is 0 Å². The first-order valence-corrected chi connectivity index (χ1v) is 7.47. The normalized spacial score (nSPS) is 15.1. The molecule has 1 amide bonds. The lowest BCUT2D eigenvalue weighted by Crippen LogP contribution is -2.34. The van der Waals surface area contributed by atoms with Gasteiger partial charge in [0.05, 0.1) is 11.9 Å². The number of hydrogen-bond acceptors (Lipinski definition) is 4. The molecule has 5 nitrogen and oxygen atoms in total. The maximum Gasteiger partial charge on any atom is 0.227 e. The van der Waals surface area contributed by atoms with Crippen molar-refractivity contribution in [3.8, 4) is 0 Å². The van der Waals surface area contributed by atoms with E-state index in [1.807, 2.05) is 12.1 Å². The number of amides is 1. The predicted octanol–water partition coefficient (Wildman–Crippen LogP) is 2.29. The highest BCUT2D eigenvalue weighted by Gasteiger charge is 2.20. The molecule has 0 aromatic carbocycles. The number of pyridine rings is 1. The Hall–Kier alpha value is -1.33. The van der Waals surface area contributed by atoms with Crippen LogP contribution in [0.4, 0.5) is 11.5 Å². The first kappa shape index (κ1) is 17.7. The number of carbonyl (C=O) groups excluding carboxylic acids is 1. The van der Waals surface area contributed by atoms with Crippen LogP contribution in [-0.4, -0.2) is 37.1 Å². The second-order valence-corrected chi connectivity index (χ2v) is 5.09. The monoisotopic (exact) mass is 312 g/mol. The van der Waals surface area contributed by atoms with Gasteiger partial charge in [-0.05, 0) is 51.9 Å². The van der Waals surface area contributed by atoms with Gasteiger partial charge in [-0.15, -0.1) is 12.4 Å². The van der Waals surface area contributed by atoms with Crippen LogP contribution in [0.5, 0.6) is 0 Å². The molecule has 118 valence electrons. The molecule has 0 atom stereocenters. The zero-order chi connectivity index (χ0) is 14.4. The maximum atomic E-state index is 12.1. The Morgan fingerprint density at radius 1 is 1.33 bits per heavy atom. The van der Waals surface area contributed by atoms with Gasteiger partial charge in [0.25, 0.3) is 0 Å². The molecular formula is C15H25ClN4O. The van der Waals surface area contributed by atoms with Gasteiger partial charge in [-0.25, -0.2) is 4.98 Å². The summed E-state index contributed by atoms with van der Waals surface area (Å²) in [7, 11) is 0. The molecular weight excluding hydrogens is 288 g/mol. The van der Waals surface area contributed by atoms with Crippen molar-refractivity contribution in [1.82, 2.24) is 10.3 Å². The largest absolute Gasteiger partial charge is 0.357 e. The third-order valence-corrected chi connectivity index (χ3v) is 3.81. The van der Waals surface area contributed by atoms with Gasteiger partial charge in [0.2, 0.25) is 5.91 Å². The van der Waals surface area contributed by atoms with Crippen molar-refractivity contribution >= 4 is 29.8 Å². The van der Waals surface area contributed by atoms with Gasteiger partial charge in [-0.2, -0.15) is 0 Å². The van der Waals surface area contributed by atoms with Crippen LogP contribution in [-0.2, 0) is 4.79 Å². The second kappa shape index (κ2) is 8.85. The molecule has 1 aliphatic rings. The van der Waals surface area contributed by atoms with Crippen molar-refractivity contribution in [3.05, 3.63) is 18.3 Å². The molecule has 1 fully saturated rings. The van der Waals surface area contributed by atoms with Gasteiger partial charge in [0, 0.05) is 19.0 Å². The Morgan fingerprint density at radius 2 is 2.00 bits per heavy atom. The summed E-state index contributed by atoms with van der Waals surface area (Å²) in [5.74, 6) is 1.19. The number of rotatable bonds is 5. The summed E-state index contributed by atoms with van der Waals surface area (Å²) in [5.41, 5.74) is 0.782. The Balaban J connectivity index is 0.00000220. The van der Waals surface area contributed by atoms with Crippen molar-refractivity contribution in [3.63, 3.8) is 0 Å². The van der Waals surface area contributed by atoms with Crippen LogP contribution in [0.15, 0.2) is 18.3 Å². The molecule has 2 N–H and O–H groups in total. The molecule has 0 bridgehead atoms. The predicted molar refractivity (Wildman–Crippen MR) is 89.3 cm³/mol. The summed E-state index contributed by atoms with van der Waals surface area (Å²) >= 11 is 0. The number of nitrogens with one attached hydrogen (secondary N) is 2. The van der Waals surface area contributed by atoms with Gasteiger partial charge in [0.1, 0.15) is 5.82 Å². The van der Waals surface area contributed by atoms with E-state index in [1.54, 1.807) is 6.20 Å². The molecule has 0 unspecified atom stereocenters. The molecule has 2 heterocycles. The van der Waals surface area contributed by atoms with E-state index < -0.39 is 0 Å². The van der Waals surface area contributed by atoms with Crippen molar-refractivity contribution in [2.24, 2.45) is 5.92 Å². The van der Waals surface area contributed by atoms with E-state index in [0.29, 0.717) is 0 Å². The number of carbonyl (C=O) groups is 1. The van der Waals surface area contributed by atoms with Gasteiger partial charge in [0.15, 0.2) is 0 Å². The van der Waals surface area contributed by atoms with Crippen molar-refractivity contribution < 1.29 is 4.79 Å². The second-order valence-electron chi connectivity index (χ2n) is 5.09. The van der Waals surface area contributed by atoms with E-state index >= 15 is 0 Å². The van der Waals surface area contributed by atoms with Crippen molar-refractivity contribution in [2.75, 3.05) is 36.4 Å². The topological polar surface area (TPSA) is 57.3 Å². The minimum absolute atomic E-state index is 0. The Kier molecular flexibility index (Phi) is 7.47. The summed E-state index contributed by atoms with van der Waals surface area (Å²) in [6.45, 7) is 7.94. The standard InChI is InChI=1S/C15H24N4O.ClH/c1-3-19(4-2)14-6-5-13(11-17-14)18-15(20)12-7-9-16-10-8-12;/h5-6,11-12,16H,3-4,7-10H2,1-2H3,(H,18,20);1H. The summed E-state index contributed by atoms with van der Waals surface area (Å²) in [4.78, 5) is 18.7. The number of nitrogens with zero attached hydrogens (tertiary/aromatic N) is 2. The third kappa shape index (κ3) is 4.86. The SMILES string of the molecule is CCN(CC)c1ccc(NC(=O)C2CCNCC2)cn1.Cl. The molecule has 2 rings (SSSR count). The molecule has 1 aromatic heterocycles. The van der Waals surface area contributed by atoms with Crippen molar-refractivity contribution in [2.45, 2.75) is 26.7 Å². The number of piperidine rings is 1. The summed E-state index contributed by atoms with van der Waals surface area (Å²) < 4.78 is 0. The maximum absolute atomic E-state index is 12.1. The number of aromatic nitrogens is 1. The number of hydrogen-bond donors (Lipinski definition) is 2. The van der Waals surface area contributed by atoms with Crippen molar-refractivity contribution in [1.29, 1.82) is 0 Å². The number of anilines is 2. The van der Waals surface area contributed by atoms with Gasteiger partial charge < -0.3 is 15.5 Å². The fourth-order valence-corrected chi connectivity index (χ4v) is 2.52. The highest BCUT2D eigenvalue weighted by molar-refractivity contribution is 5.92. The molecule has 0 saturated carbocycles. The minimum atomic E-state index is 0. The van der Waals surface area contributed by atoms with E-state index in [1.165, 1.54) is 0 Å². The lowest BCUT2D eigenvalue weighted by Gasteiger charge is -2.22. The van der Waals surface area contributed by atoms with Crippen LogP contribution in [0.2, 0.25) is 0 Å².